The van der Waals surface area contributed by atoms with Gasteiger partial charge in [0.05, 0.1) is 12.8 Å². The standard InChI is InChI=1S/C15H19N5O/c1-4-19(5-2)15-13(10-16)14(17)20(18-15)11-6-8-12(21-3)9-7-11/h6-9H,4-5,17H2,1-3H3. The number of ether oxygens (including phenoxy) is 1. The lowest BCUT2D eigenvalue weighted by Crippen LogP contribution is -2.23. The Labute approximate surface area is 124 Å². The molecule has 2 N–H and O–H groups in total. The van der Waals surface area contributed by atoms with Crippen LogP contribution in [-0.2, 0) is 0 Å². The molecule has 0 aliphatic carbocycles. The molecule has 0 saturated carbocycles. The van der Waals surface area contributed by atoms with Gasteiger partial charge in [-0.25, -0.2) is 4.68 Å². The van der Waals surface area contributed by atoms with Gasteiger partial charge in [0.2, 0.25) is 0 Å². The van der Waals surface area contributed by atoms with Gasteiger partial charge in [0.25, 0.3) is 0 Å². The van der Waals surface area contributed by atoms with Crippen molar-refractivity contribution in [1.82, 2.24) is 9.78 Å². The van der Waals surface area contributed by atoms with Gasteiger partial charge in [-0.1, -0.05) is 0 Å². The van der Waals surface area contributed by atoms with Crippen LogP contribution in [-0.4, -0.2) is 30.0 Å². The zero-order chi connectivity index (χ0) is 15.4. The lowest BCUT2D eigenvalue weighted by Gasteiger charge is -2.17. The van der Waals surface area contributed by atoms with Gasteiger partial charge in [0.15, 0.2) is 5.82 Å². The number of hydrogen-bond donors (Lipinski definition) is 1. The van der Waals surface area contributed by atoms with Gasteiger partial charge in [0.1, 0.15) is 23.2 Å². The van der Waals surface area contributed by atoms with Gasteiger partial charge in [0, 0.05) is 13.1 Å². The molecule has 0 spiro atoms. The Morgan fingerprint density at radius 1 is 1.29 bits per heavy atom. The maximum absolute atomic E-state index is 9.35. The zero-order valence-electron chi connectivity index (χ0n) is 12.5. The van der Waals surface area contributed by atoms with Crippen LogP contribution in [0.25, 0.3) is 5.69 Å². The number of hydrogen-bond acceptors (Lipinski definition) is 5. The molecule has 0 saturated heterocycles. The molecular weight excluding hydrogens is 266 g/mol. The summed E-state index contributed by atoms with van der Waals surface area (Å²) >= 11 is 0. The molecule has 110 valence electrons. The summed E-state index contributed by atoms with van der Waals surface area (Å²) in [6, 6.07) is 9.53. The molecule has 6 nitrogen and oxygen atoms in total. The van der Waals surface area contributed by atoms with Crippen LogP contribution in [0.2, 0.25) is 0 Å². The van der Waals surface area contributed by atoms with E-state index in [2.05, 4.69) is 11.2 Å². The fourth-order valence-corrected chi connectivity index (χ4v) is 2.19. The van der Waals surface area contributed by atoms with Crippen LogP contribution in [0.5, 0.6) is 5.75 Å². The van der Waals surface area contributed by atoms with E-state index in [1.165, 1.54) is 0 Å². The van der Waals surface area contributed by atoms with E-state index in [0.29, 0.717) is 17.2 Å². The average molecular weight is 285 g/mol. The number of aromatic nitrogens is 2. The third-order valence-corrected chi connectivity index (χ3v) is 3.39. The number of nitrogens with zero attached hydrogens (tertiary/aromatic N) is 4. The second-order valence-electron chi connectivity index (χ2n) is 4.48. The van der Waals surface area contributed by atoms with Gasteiger partial charge >= 0.3 is 0 Å². The molecule has 0 atom stereocenters. The van der Waals surface area contributed by atoms with E-state index in [4.69, 9.17) is 10.5 Å². The van der Waals surface area contributed by atoms with Crippen LogP contribution in [0.15, 0.2) is 24.3 Å². The van der Waals surface area contributed by atoms with E-state index in [-0.39, 0.29) is 0 Å². The number of nitrogen functional groups attached to an aromatic ring is 1. The van der Waals surface area contributed by atoms with Crippen LogP contribution < -0.4 is 15.4 Å². The fourth-order valence-electron chi connectivity index (χ4n) is 2.19. The molecule has 6 heteroatoms. The Morgan fingerprint density at radius 2 is 1.90 bits per heavy atom. The normalized spacial score (nSPS) is 10.2. The second kappa shape index (κ2) is 6.18. The van der Waals surface area contributed by atoms with Crippen molar-refractivity contribution in [2.45, 2.75) is 13.8 Å². The quantitative estimate of drug-likeness (QED) is 0.910. The van der Waals surface area contributed by atoms with Gasteiger partial charge in [-0.3, -0.25) is 0 Å². The minimum absolute atomic E-state index is 0.351. The second-order valence-corrected chi connectivity index (χ2v) is 4.48. The maximum Gasteiger partial charge on any atom is 0.171 e. The Balaban J connectivity index is 2.52. The molecule has 1 aromatic carbocycles. The molecule has 0 fully saturated rings. The summed E-state index contributed by atoms with van der Waals surface area (Å²) in [7, 11) is 1.61. The van der Waals surface area contributed by atoms with Gasteiger partial charge < -0.3 is 15.4 Å². The summed E-state index contributed by atoms with van der Waals surface area (Å²) in [4.78, 5) is 2.01. The van der Waals surface area contributed by atoms with Crippen molar-refractivity contribution >= 4 is 11.6 Å². The SMILES string of the molecule is CCN(CC)c1nn(-c2ccc(OC)cc2)c(N)c1C#N. The Morgan fingerprint density at radius 3 is 2.38 bits per heavy atom. The van der Waals surface area contributed by atoms with E-state index in [1.807, 2.05) is 43.0 Å². The summed E-state index contributed by atoms with van der Waals surface area (Å²) < 4.78 is 6.73. The molecule has 1 aromatic heterocycles. The number of methoxy groups -OCH3 is 1. The molecule has 2 rings (SSSR count). The van der Waals surface area contributed by atoms with E-state index >= 15 is 0 Å². The Hall–Kier alpha value is -2.68. The van der Waals surface area contributed by atoms with Crippen molar-refractivity contribution < 1.29 is 4.74 Å². The molecule has 0 radical (unpaired) electrons. The van der Waals surface area contributed by atoms with E-state index in [0.717, 1.165) is 24.5 Å². The first kappa shape index (κ1) is 14.7. The average Bonchev–Trinajstić information content (AvgIpc) is 2.85. The first-order chi connectivity index (χ1) is 10.2. The molecule has 2 aromatic rings. The van der Waals surface area contributed by atoms with Crippen LogP contribution in [0.1, 0.15) is 19.4 Å². The summed E-state index contributed by atoms with van der Waals surface area (Å²) in [5.41, 5.74) is 7.29. The monoisotopic (exact) mass is 285 g/mol. The van der Waals surface area contributed by atoms with Crippen molar-refractivity contribution in [2.24, 2.45) is 0 Å². The van der Waals surface area contributed by atoms with Crippen molar-refractivity contribution in [3.63, 3.8) is 0 Å². The number of nitriles is 1. The highest BCUT2D eigenvalue weighted by Crippen LogP contribution is 2.27. The molecule has 1 heterocycles. The summed E-state index contributed by atoms with van der Waals surface area (Å²) in [6.45, 7) is 5.58. The van der Waals surface area contributed by atoms with E-state index < -0.39 is 0 Å². The zero-order valence-corrected chi connectivity index (χ0v) is 12.5. The highest BCUT2D eigenvalue weighted by molar-refractivity contribution is 5.67. The first-order valence-corrected chi connectivity index (χ1v) is 6.84. The van der Waals surface area contributed by atoms with Crippen molar-refractivity contribution in [3.05, 3.63) is 29.8 Å². The Bertz CT molecular complexity index is 650. The van der Waals surface area contributed by atoms with Crippen LogP contribution in [0, 0.1) is 11.3 Å². The maximum atomic E-state index is 9.35. The lowest BCUT2D eigenvalue weighted by molar-refractivity contribution is 0.414. The molecule has 0 unspecified atom stereocenters. The predicted octanol–water partition coefficient (Wildman–Crippen LogP) is 2.18. The summed E-state index contributed by atoms with van der Waals surface area (Å²) in [5, 5.41) is 13.9. The molecular formula is C15H19N5O. The highest BCUT2D eigenvalue weighted by atomic mass is 16.5. The van der Waals surface area contributed by atoms with E-state index in [1.54, 1.807) is 11.8 Å². The van der Waals surface area contributed by atoms with Gasteiger partial charge in [-0.05, 0) is 38.1 Å². The minimum Gasteiger partial charge on any atom is -0.497 e. The van der Waals surface area contributed by atoms with Crippen molar-refractivity contribution in [2.75, 3.05) is 30.8 Å². The first-order valence-electron chi connectivity index (χ1n) is 6.84. The number of rotatable bonds is 5. The third-order valence-electron chi connectivity index (χ3n) is 3.39. The summed E-state index contributed by atoms with van der Waals surface area (Å²) in [6.07, 6.45) is 0. The Kier molecular flexibility index (Phi) is 4.33. The summed E-state index contributed by atoms with van der Waals surface area (Å²) in [5.74, 6) is 1.73. The van der Waals surface area contributed by atoms with Crippen LogP contribution in [0.4, 0.5) is 11.6 Å². The highest BCUT2D eigenvalue weighted by Gasteiger charge is 2.20. The van der Waals surface area contributed by atoms with Gasteiger partial charge in [-0.2, -0.15) is 5.26 Å². The van der Waals surface area contributed by atoms with Crippen LogP contribution >= 0.6 is 0 Å². The molecule has 0 aliphatic heterocycles. The molecule has 0 amide bonds. The van der Waals surface area contributed by atoms with Crippen molar-refractivity contribution in [3.8, 4) is 17.5 Å². The predicted molar refractivity (Wildman–Crippen MR) is 82.8 cm³/mol. The molecule has 21 heavy (non-hydrogen) atoms. The smallest absolute Gasteiger partial charge is 0.171 e. The number of nitrogens with two attached hydrogens (primary N) is 1. The lowest BCUT2D eigenvalue weighted by atomic mass is 10.3. The molecule has 0 aliphatic rings. The number of benzene rings is 1. The fraction of sp³-hybridized carbons (Fsp3) is 0.333. The minimum atomic E-state index is 0.351. The van der Waals surface area contributed by atoms with E-state index in [9.17, 15) is 5.26 Å². The molecule has 0 bridgehead atoms. The van der Waals surface area contributed by atoms with Crippen LogP contribution in [0.3, 0.4) is 0 Å². The topological polar surface area (TPSA) is 80.1 Å². The largest absolute Gasteiger partial charge is 0.497 e. The number of anilines is 2. The third kappa shape index (κ3) is 2.63. The van der Waals surface area contributed by atoms with Gasteiger partial charge in [-0.15, -0.1) is 5.10 Å². The van der Waals surface area contributed by atoms with Crippen molar-refractivity contribution in [1.29, 1.82) is 5.26 Å².